The van der Waals surface area contributed by atoms with E-state index in [9.17, 15) is 23.4 Å². The van der Waals surface area contributed by atoms with Gasteiger partial charge in [-0.1, -0.05) is 59.1 Å². The molecule has 2 unspecified atom stereocenters. The molecule has 0 aliphatic carbocycles. The molecule has 0 radical (unpaired) electrons. The molecule has 9 nitrogen and oxygen atoms in total. The van der Waals surface area contributed by atoms with E-state index in [2.05, 4.69) is 14.9 Å². The maximum Gasteiger partial charge on any atom is 0.321 e. The van der Waals surface area contributed by atoms with Crippen LogP contribution in [0, 0.1) is 0 Å². The van der Waals surface area contributed by atoms with E-state index < -0.39 is 28.1 Å². The zero-order valence-electron chi connectivity index (χ0n) is 18.2. The predicted molar refractivity (Wildman–Crippen MR) is 133 cm³/mol. The maximum atomic E-state index is 12.8. The van der Waals surface area contributed by atoms with Gasteiger partial charge in [0.2, 0.25) is 10.0 Å². The number of rotatable bonds is 12. The highest BCUT2D eigenvalue weighted by atomic mass is 32.2. The Balaban J connectivity index is 1.63. The predicted octanol–water partition coefficient (Wildman–Crippen LogP) is 3.21. The van der Waals surface area contributed by atoms with E-state index >= 15 is 0 Å². The Morgan fingerprint density at radius 1 is 1.09 bits per heavy atom. The fraction of sp³-hybridized carbons (Fsp3) is 0.286. The summed E-state index contributed by atoms with van der Waals surface area (Å²) in [5.41, 5.74) is 1.67. The summed E-state index contributed by atoms with van der Waals surface area (Å²) < 4.78 is 34.3. The highest BCUT2D eigenvalue weighted by molar-refractivity contribution is 8.03. The molecule has 0 amide bonds. The van der Waals surface area contributed by atoms with Gasteiger partial charge in [0.15, 0.2) is 8.68 Å². The number of aliphatic carboxylic acids is 1. The number of ether oxygens (including phenoxy) is 1. The van der Waals surface area contributed by atoms with Crippen LogP contribution in [0.4, 0.5) is 0 Å². The summed E-state index contributed by atoms with van der Waals surface area (Å²) in [6.45, 7) is 0. The van der Waals surface area contributed by atoms with E-state index in [4.69, 9.17) is 4.74 Å². The average Bonchev–Trinajstić information content (AvgIpc) is 3.30. The van der Waals surface area contributed by atoms with Gasteiger partial charge in [-0.25, -0.2) is 8.42 Å². The molecule has 0 aliphatic rings. The lowest BCUT2D eigenvalue weighted by Crippen LogP contribution is -2.43. The van der Waals surface area contributed by atoms with Crippen molar-refractivity contribution >= 4 is 50.9 Å². The lowest BCUT2D eigenvalue weighted by molar-refractivity contribution is -0.139. The summed E-state index contributed by atoms with van der Waals surface area (Å²) in [5, 5.41) is 27.7. The highest BCUT2D eigenvalue weighted by Gasteiger charge is 2.28. The number of nitrogens with zero attached hydrogens (tertiary/aromatic N) is 2. The smallest absolute Gasteiger partial charge is 0.321 e. The molecule has 2 aromatic carbocycles. The first kappa shape index (κ1) is 26.4. The molecule has 3 N–H and O–H groups in total. The molecule has 1 heterocycles. The van der Waals surface area contributed by atoms with Crippen LogP contribution in [0.3, 0.4) is 0 Å². The minimum atomic E-state index is -4.12. The van der Waals surface area contributed by atoms with Crippen LogP contribution in [0.15, 0.2) is 62.1 Å². The standard InChI is InChI=1S/C21H23N3O6S4/c1-30-16-7-3-13(4-8-16)14-5-9-17(10-6-14)34(28,29)24-18(19(26)27)11-15(25)12-32-21-23-22-20(31-2)33-21/h3-10,15,18,24-25H,11-12H2,1-2H3,(H,26,27). The molecule has 0 aliphatic heterocycles. The molecular formula is C21H23N3O6S4. The van der Waals surface area contributed by atoms with Crippen molar-refractivity contribution < 1.29 is 28.2 Å². The molecular weight excluding hydrogens is 519 g/mol. The number of hydrogen-bond donors (Lipinski definition) is 3. The number of methoxy groups -OCH3 is 1. The first-order chi connectivity index (χ1) is 16.2. The monoisotopic (exact) mass is 541 g/mol. The zero-order chi connectivity index (χ0) is 24.7. The zero-order valence-corrected chi connectivity index (χ0v) is 21.5. The number of aliphatic hydroxyl groups is 1. The molecule has 0 saturated carbocycles. The first-order valence-electron chi connectivity index (χ1n) is 9.90. The minimum absolute atomic E-state index is 0.0710. The van der Waals surface area contributed by atoms with Gasteiger partial charge in [-0.05, 0) is 41.6 Å². The fourth-order valence-corrected chi connectivity index (χ4v) is 6.52. The van der Waals surface area contributed by atoms with Crippen LogP contribution in [0.5, 0.6) is 5.75 Å². The molecule has 2 atom stereocenters. The number of hydrogen-bond acceptors (Lipinski definition) is 10. The number of benzene rings is 2. The molecule has 3 aromatic rings. The van der Waals surface area contributed by atoms with Crippen LogP contribution in [0.2, 0.25) is 0 Å². The van der Waals surface area contributed by atoms with Crippen LogP contribution in [-0.2, 0) is 14.8 Å². The number of aromatic nitrogens is 2. The summed E-state index contributed by atoms with van der Waals surface area (Å²) in [5.74, 6) is -0.506. The molecule has 13 heteroatoms. The largest absolute Gasteiger partial charge is 0.497 e. The molecule has 0 spiro atoms. The summed E-state index contributed by atoms with van der Waals surface area (Å²) in [7, 11) is -2.55. The van der Waals surface area contributed by atoms with E-state index in [-0.39, 0.29) is 17.1 Å². The van der Waals surface area contributed by atoms with Crippen molar-refractivity contribution in [2.75, 3.05) is 19.1 Å². The van der Waals surface area contributed by atoms with Crippen LogP contribution >= 0.6 is 34.9 Å². The minimum Gasteiger partial charge on any atom is -0.497 e. The van der Waals surface area contributed by atoms with E-state index in [0.717, 1.165) is 15.5 Å². The number of carbonyl (C=O) groups is 1. The fourth-order valence-electron chi connectivity index (χ4n) is 2.91. The van der Waals surface area contributed by atoms with E-state index in [0.29, 0.717) is 10.1 Å². The Labute approximate surface area is 210 Å². The van der Waals surface area contributed by atoms with Gasteiger partial charge in [-0.3, -0.25) is 4.79 Å². The third-order valence-corrected chi connectivity index (χ3v) is 9.32. The Morgan fingerprint density at radius 2 is 1.68 bits per heavy atom. The molecule has 0 bridgehead atoms. The van der Waals surface area contributed by atoms with Crippen molar-refractivity contribution in [1.29, 1.82) is 0 Å². The molecule has 182 valence electrons. The molecule has 34 heavy (non-hydrogen) atoms. The second-order valence-corrected chi connectivity index (χ2v) is 12.0. The maximum absolute atomic E-state index is 12.8. The van der Waals surface area contributed by atoms with Gasteiger partial charge in [0.05, 0.1) is 18.1 Å². The van der Waals surface area contributed by atoms with Crippen molar-refractivity contribution in [3.63, 3.8) is 0 Å². The van der Waals surface area contributed by atoms with Crippen molar-refractivity contribution in [2.45, 2.75) is 32.1 Å². The van der Waals surface area contributed by atoms with Crippen LogP contribution < -0.4 is 9.46 Å². The number of aliphatic hydroxyl groups excluding tert-OH is 1. The SMILES string of the molecule is COc1ccc(-c2ccc(S(=O)(=O)NC(CC(O)CSc3nnc(SC)s3)C(=O)O)cc2)cc1. The van der Waals surface area contributed by atoms with Gasteiger partial charge < -0.3 is 14.9 Å². The summed E-state index contributed by atoms with van der Waals surface area (Å²) in [6.07, 6.45) is 0.521. The number of thioether (sulfide) groups is 2. The molecule has 0 saturated heterocycles. The van der Waals surface area contributed by atoms with Gasteiger partial charge in [-0.2, -0.15) is 4.72 Å². The van der Waals surface area contributed by atoms with Crippen LogP contribution in [0.1, 0.15) is 6.42 Å². The number of nitrogens with one attached hydrogen (secondary N) is 1. The molecule has 0 fully saturated rings. The topological polar surface area (TPSA) is 139 Å². The number of carboxylic acids is 1. The van der Waals surface area contributed by atoms with Crippen LogP contribution in [-0.4, -0.2) is 66.1 Å². The lowest BCUT2D eigenvalue weighted by atomic mass is 10.1. The third-order valence-electron chi connectivity index (χ3n) is 4.65. The highest BCUT2D eigenvalue weighted by Crippen LogP contribution is 2.28. The van der Waals surface area contributed by atoms with Gasteiger partial charge in [-0.15, -0.1) is 10.2 Å². The number of sulfonamides is 1. The van der Waals surface area contributed by atoms with Gasteiger partial charge >= 0.3 is 5.97 Å². The number of carboxylic acid groups (broad SMARTS) is 1. The normalized spacial score (nSPS) is 13.4. The van der Waals surface area contributed by atoms with E-state index in [1.165, 1.54) is 47.0 Å². The molecule has 3 rings (SSSR count). The van der Waals surface area contributed by atoms with Crippen molar-refractivity contribution in [1.82, 2.24) is 14.9 Å². The quantitative estimate of drug-likeness (QED) is 0.293. The van der Waals surface area contributed by atoms with Crippen molar-refractivity contribution in [2.24, 2.45) is 0 Å². The van der Waals surface area contributed by atoms with E-state index in [1.807, 2.05) is 18.4 Å². The van der Waals surface area contributed by atoms with Gasteiger partial charge in [0.1, 0.15) is 11.8 Å². The van der Waals surface area contributed by atoms with Crippen LogP contribution in [0.25, 0.3) is 11.1 Å². The van der Waals surface area contributed by atoms with Gasteiger partial charge in [0.25, 0.3) is 0 Å². The lowest BCUT2D eigenvalue weighted by Gasteiger charge is -2.18. The Kier molecular flexibility index (Phi) is 9.33. The van der Waals surface area contributed by atoms with Gasteiger partial charge in [0, 0.05) is 12.2 Å². The second kappa shape index (κ2) is 12.0. The third kappa shape index (κ3) is 7.17. The van der Waals surface area contributed by atoms with E-state index in [1.54, 1.807) is 31.4 Å². The van der Waals surface area contributed by atoms with Crippen molar-refractivity contribution in [3.05, 3.63) is 48.5 Å². The summed E-state index contributed by atoms with van der Waals surface area (Å²) in [6, 6.07) is 11.9. The summed E-state index contributed by atoms with van der Waals surface area (Å²) in [4.78, 5) is 11.6. The van der Waals surface area contributed by atoms with Crippen molar-refractivity contribution in [3.8, 4) is 16.9 Å². The summed E-state index contributed by atoms with van der Waals surface area (Å²) >= 11 is 4.06. The first-order valence-corrected chi connectivity index (χ1v) is 14.4. The molecule has 1 aromatic heterocycles. The Hall–Kier alpha value is -2.16. The Morgan fingerprint density at radius 3 is 2.21 bits per heavy atom. The Bertz CT molecular complexity index is 1200. The average molecular weight is 542 g/mol. The second-order valence-electron chi connectivity index (χ2n) is 7.00.